The summed E-state index contributed by atoms with van der Waals surface area (Å²) in [4.78, 5) is 0. The van der Waals surface area contributed by atoms with E-state index in [0.717, 1.165) is 24.9 Å². The highest BCUT2D eigenvalue weighted by atomic mass is 16.3. The summed E-state index contributed by atoms with van der Waals surface area (Å²) in [5, 5.41) is 9.01. The number of aliphatic hydroxyl groups is 1. The molecule has 0 aromatic carbocycles. The van der Waals surface area contributed by atoms with Crippen LogP contribution in [0, 0.1) is 0 Å². The Morgan fingerprint density at radius 3 is 3.25 bits per heavy atom. The minimum absolute atomic E-state index is 0.134. The second-order valence-corrected chi connectivity index (χ2v) is 3.39. The van der Waals surface area contributed by atoms with Gasteiger partial charge in [-0.1, -0.05) is 0 Å². The van der Waals surface area contributed by atoms with Crippen LogP contribution in [0.1, 0.15) is 17.7 Å². The predicted octanol–water partition coefficient (Wildman–Crippen LogP) is 0.254. The number of rotatable bonds is 1. The summed E-state index contributed by atoms with van der Waals surface area (Å²) in [6.07, 6.45) is 3.99. The molecule has 12 heavy (non-hydrogen) atoms. The third-order valence-electron chi connectivity index (χ3n) is 2.54. The van der Waals surface area contributed by atoms with Crippen LogP contribution in [-0.4, -0.2) is 15.7 Å². The number of hydrogen-bond donors (Lipinski definition) is 2. The van der Waals surface area contributed by atoms with Gasteiger partial charge in [0.1, 0.15) is 0 Å². The average Bonchev–Trinajstić information content (AvgIpc) is 2.46. The zero-order valence-electron chi connectivity index (χ0n) is 7.03. The molecule has 2 heterocycles. The first kappa shape index (κ1) is 7.83. The molecule has 3 heteroatoms. The normalized spacial score (nSPS) is 22.3. The molecule has 0 bridgehead atoms. The average molecular weight is 166 g/mol. The predicted molar refractivity (Wildman–Crippen MR) is 46.7 cm³/mol. The van der Waals surface area contributed by atoms with Crippen molar-refractivity contribution in [1.29, 1.82) is 0 Å². The lowest BCUT2D eigenvalue weighted by molar-refractivity contribution is 0.279. The molecule has 0 amide bonds. The lowest BCUT2D eigenvalue weighted by atomic mass is 10.0. The van der Waals surface area contributed by atoms with E-state index in [1.54, 1.807) is 0 Å². The van der Waals surface area contributed by atoms with Gasteiger partial charge in [0.25, 0.3) is 0 Å². The van der Waals surface area contributed by atoms with E-state index in [1.165, 1.54) is 5.69 Å². The van der Waals surface area contributed by atoms with E-state index in [1.807, 2.05) is 12.3 Å². The number of hydrogen-bond acceptors (Lipinski definition) is 2. The number of aryl methyl sites for hydroxylation is 1. The maximum atomic E-state index is 9.01. The fourth-order valence-electron chi connectivity index (χ4n) is 1.81. The van der Waals surface area contributed by atoms with E-state index < -0.39 is 0 Å². The highest BCUT2D eigenvalue weighted by molar-refractivity contribution is 5.23. The van der Waals surface area contributed by atoms with Crippen LogP contribution in [0.2, 0.25) is 0 Å². The van der Waals surface area contributed by atoms with Crippen LogP contribution in [0.25, 0.3) is 0 Å². The van der Waals surface area contributed by atoms with Gasteiger partial charge in [-0.25, -0.2) is 0 Å². The van der Waals surface area contributed by atoms with Crippen molar-refractivity contribution < 1.29 is 5.11 Å². The van der Waals surface area contributed by atoms with Crippen molar-refractivity contribution >= 4 is 0 Å². The second-order valence-electron chi connectivity index (χ2n) is 3.39. The molecule has 3 nitrogen and oxygen atoms in total. The molecule has 0 saturated heterocycles. The molecule has 0 unspecified atom stereocenters. The van der Waals surface area contributed by atoms with E-state index in [2.05, 4.69) is 4.57 Å². The molecule has 0 saturated carbocycles. The van der Waals surface area contributed by atoms with E-state index >= 15 is 0 Å². The Bertz CT molecular complexity index is 267. The van der Waals surface area contributed by atoms with Gasteiger partial charge in [-0.05, 0) is 18.1 Å². The summed E-state index contributed by atoms with van der Waals surface area (Å²) < 4.78 is 2.19. The maximum Gasteiger partial charge on any atom is 0.0699 e. The second kappa shape index (κ2) is 2.92. The summed E-state index contributed by atoms with van der Waals surface area (Å²) in [5.74, 6) is 0. The van der Waals surface area contributed by atoms with Crippen LogP contribution in [0.3, 0.4) is 0 Å². The van der Waals surface area contributed by atoms with Crippen molar-refractivity contribution in [2.24, 2.45) is 5.73 Å². The van der Waals surface area contributed by atoms with Crippen LogP contribution in [0.4, 0.5) is 0 Å². The van der Waals surface area contributed by atoms with Gasteiger partial charge in [-0.3, -0.25) is 0 Å². The van der Waals surface area contributed by atoms with Gasteiger partial charge in [-0.2, -0.15) is 0 Å². The Morgan fingerprint density at radius 1 is 1.67 bits per heavy atom. The summed E-state index contributed by atoms with van der Waals surface area (Å²) in [7, 11) is 0. The lowest BCUT2D eigenvalue weighted by Gasteiger charge is -2.21. The zero-order valence-corrected chi connectivity index (χ0v) is 7.03. The number of nitrogens with two attached hydrogens (primary N) is 1. The number of fused-ring (bicyclic) bond motifs is 1. The van der Waals surface area contributed by atoms with Gasteiger partial charge < -0.3 is 15.4 Å². The Morgan fingerprint density at radius 2 is 2.50 bits per heavy atom. The maximum absolute atomic E-state index is 9.01. The number of aliphatic hydroxyl groups excluding tert-OH is 1. The minimum Gasteiger partial charge on any atom is -0.392 e. The van der Waals surface area contributed by atoms with E-state index in [4.69, 9.17) is 10.8 Å². The van der Waals surface area contributed by atoms with Crippen molar-refractivity contribution in [1.82, 2.24) is 4.57 Å². The molecule has 66 valence electrons. The molecular weight excluding hydrogens is 152 g/mol. The lowest BCUT2D eigenvalue weighted by Crippen LogP contribution is -2.30. The largest absolute Gasteiger partial charge is 0.392 e. The van der Waals surface area contributed by atoms with Crippen molar-refractivity contribution in [3.63, 3.8) is 0 Å². The van der Waals surface area contributed by atoms with Crippen molar-refractivity contribution in [2.75, 3.05) is 0 Å². The molecule has 0 aliphatic carbocycles. The molecule has 1 aliphatic rings. The highest BCUT2D eigenvalue weighted by Crippen LogP contribution is 2.19. The molecule has 1 aliphatic heterocycles. The molecule has 0 spiro atoms. The van der Waals surface area contributed by atoms with Crippen LogP contribution in [0.5, 0.6) is 0 Å². The Kier molecular flexibility index (Phi) is 1.90. The molecule has 3 N–H and O–H groups in total. The van der Waals surface area contributed by atoms with Crippen LogP contribution < -0.4 is 5.73 Å². The first-order valence-corrected chi connectivity index (χ1v) is 4.34. The van der Waals surface area contributed by atoms with Crippen molar-refractivity contribution in [3.05, 3.63) is 23.5 Å². The minimum atomic E-state index is 0.134. The summed E-state index contributed by atoms with van der Waals surface area (Å²) in [5.41, 5.74) is 8.09. The van der Waals surface area contributed by atoms with E-state index in [9.17, 15) is 0 Å². The molecule has 0 fully saturated rings. The van der Waals surface area contributed by atoms with Crippen LogP contribution >= 0.6 is 0 Å². The van der Waals surface area contributed by atoms with Gasteiger partial charge in [0.15, 0.2) is 0 Å². The van der Waals surface area contributed by atoms with E-state index in [-0.39, 0.29) is 12.6 Å². The quantitative estimate of drug-likeness (QED) is 0.628. The van der Waals surface area contributed by atoms with Gasteiger partial charge in [0, 0.05) is 30.9 Å². The number of aromatic nitrogens is 1. The van der Waals surface area contributed by atoms with Gasteiger partial charge >= 0.3 is 0 Å². The molecule has 0 radical (unpaired) electrons. The van der Waals surface area contributed by atoms with Crippen molar-refractivity contribution in [2.45, 2.75) is 32.0 Å². The van der Waals surface area contributed by atoms with Crippen molar-refractivity contribution in [3.8, 4) is 0 Å². The Labute approximate surface area is 71.8 Å². The summed E-state index contributed by atoms with van der Waals surface area (Å²) in [6.45, 7) is 1.13. The van der Waals surface area contributed by atoms with Crippen LogP contribution in [-0.2, 0) is 19.6 Å². The first-order chi connectivity index (χ1) is 5.81. The highest BCUT2D eigenvalue weighted by Gasteiger charge is 2.17. The summed E-state index contributed by atoms with van der Waals surface area (Å²) >= 11 is 0. The molecule has 1 aromatic heterocycles. The summed E-state index contributed by atoms with van der Waals surface area (Å²) in [6, 6.07) is 2.26. The monoisotopic (exact) mass is 166 g/mol. The fourth-order valence-corrected chi connectivity index (χ4v) is 1.81. The van der Waals surface area contributed by atoms with E-state index in [0.29, 0.717) is 0 Å². The molecular formula is C9H14N2O. The van der Waals surface area contributed by atoms with Gasteiger partial charge in [-0.15, -0.1) is 0 Å². The Balaban J connectivity index is 2.34. The third kappa shape index (κ3) is 1.15. The zero-order chi connectivity index (χ0) is 8.55. The smallest absolute Gasteiger partial charge is 0.0699 e. The topological polar surface area (TPSA) is 51.2 Å². The first-order valence-electron chi connectivity index (χ1n) is 4.34. The van der Waals surface area contributed by atoms with Crippen LogP contribution in [0.15, 0.2) is 12.3 Å². The SMILES string of the molecule is N[C@H]1CCn2ccc(CO)c2C1. The molecule has 2 rings (SSSR count). The molecule has 1 atom stereocenters. The van der Waals surface area contributed by atoms with Gasteiger partial charge in [0.05, 0.1) is 6.61 Å². The Hall–Kier alpha value is -0.800. The standard InChI is InChI=1S/C9H14N2O/c10-8-2-4-11-3-1-7(6-12)9(11)5-8/h1,3,8,12H,2,4-6,10H2/t8-/m0/s1. The number of nitrogens with zero attached hydrogens (tertiary/aromatic N) is 1. The van der Waals surface area contributed by atoms with Gasteiger partial charge in [0.2, 0.25) is 0 Å². The fraction of sp³-hybridized carbons (Fsp3) is 0.556. The molecule has 1 aromatic rings. The third-order valence-corrected chi connectivity index (χ3v) is 2.54.